The Morgan fingerprint density at radius 1 is 1.17 bits per heavy atom. The number of nitrogens with zero attached hydrogens (tertiary/aromatic N) is 1. The lowest BCUT2D eigenvalue weighted by Crippen LogP contribution is -2.35. The molecule has 0 aliphatic carbocycles. The summed E-state index contributed by atoms with van der Waals surface area (Å²) in [5.74, 6) is 1.28. The molecular formula is C19H26ClN3. The van der Waals surface area contributed by atoms with Gasteiger partial charge in [-0.2, -0.15) is 0 Å². The molecule has 0 aliphatic heterocycles. The van der Waals surface area contributed by atoms with Gasteiger partial charge >= 0.3 is 0 Å². The third-order valence-corrected chi connectivity index (χ3v) is 3.74. The highest BCUT2D eigenvalue weighted by atomic mass is 35.5. The smallest absolute Gasteiger partial charge is 0.133 e. The van der Waals surface area contributed by atoms with Crippen molar-refractivity contribution in [1.29, 1.82) is 0 Å². The van der Waals surface area contributed by atoms with E-state index in [0.29, 0.717) is 10.9 Å². The molecule has 1 aromatic carbocycles. The number of nitrogens with one attached hydrogen (secondary N) is 2. The lowest BCUT2D eigenvalue weighted by molar-refractivity contribution is 0.424. The molecule has 23 heavy (non-hydrogen) atoms. The fourth-order valence-corrected chi connectivity index (χ4v) is 2.43. The van der Waals surface area contributed by atoms with Gasteiger partial charge in [0.2, 0.25) is 0 Å². The summed E-state index contributed by atoms with van der Waals surface area (Å²) in [6.45, 7) is 11.7. The first-order valence-corrected chi connectivity index (χ1v) is 8.39. The molecule has 0 unspecified atom stereocenters. The molecule has 3 nitrogen and oxygen atoms in total. The molecule has 4 heteroatoms. The molecule has 0 atom stereocenters. The van der Waals surface area contributed by atoms with Crippen LogP contribution in [0.2, 0.25) is 5.02 Å². The molecule has 1 heterocycles. The normalized spacial score (nSPS) is 11.8. The number of aromatic nitrogens is 1. The van der Waals surface area contributed by atoms with Crippen LogP contribution < -0.4 is 10.6 Å². The fraction of sp³-hybridized carbons (Fsp3) is 0.421. The zero-order valence-electron chi connectivity index (χ0n) is 14.6. The average Bonchev–Trinajstić information content (AvgIpc) is 2.45. The quantitative estimate of drug-likeness (QED) is 0.760. The number of benzene rings is 1. The SMILES string of the molecule is CC(C)c1cc(CNC(C)(C)C)cnc1Nc1cccc(Cl)c1. The van der Waals surface area contributed by atoms with E-state index >= 15 is 0 Å². The van der Waals surface area contributed by atoms with Crippen LogP contribution in [0.5, 0.6) is 0 Å². The minimum atomic E-state index is 0.0930. The molecule has 2 rings (SSSR count). The highest BCUT2D eigenvalue weighted by Gasteiger charge is 2.12. The maximum Gasteiger partial charge on any atom is 0.133 e. The predicted molar refractivity (Wildman–Crippen MR) is 99.7 cm³/mol. The molecular weight excluding hydrogens is 306 g/mol. The standard InChI is InChI=1S/C19H26ClN3/c1-13(2)17-9-14(12-22-19(3,4)5)11-21-18(17)23-16-8-6-7-15(20)10-16/h6-11,13,22H,12H2,1-5H3,(H,21,23). The Labute approximate surface area is 144 Å². The topological polar surface area (TPSA) is 37.0 Å². The summed E-state index contributed by atoms with van der Waals surface area (Å²) in [6.07, 6.45) is 1.93. The Bertz CT molecular complexity index is 660. The fourth-order valence-electron chi connectivity index (χ4n) is 2.24. The van der Waals surface area contributed by atoms with E-state index in [1.807, 2.05) is 30.5 Å². The van der Waals surface area contributed by atoms with Crippen molar-refractivity contribution >= 4 is 23.1 Å². The second-order valence-corrected chi connectivity index (χ2v) is 7.61. The number of hydrogen-bond donors (Lipinski definition) is 2. The summed E-state index contributed by atoms with van der Waals surface area (Å²) in [4.78, 5) is 4.63. The van der Waals surface area contributed by atoms with Crippen molar-refractivity contribution in [3.63, 3.8) is 0 Å². The second-order valence-electron chi connectivity index (χ2n) is 7.18. The van der Waals surface area contributed by atoms with Gasteiger partial charge in [-0.1, -0.05) is 31.5 Å². The van der Waals surface area contributed by atoms with Gasteiger partial charge in [-0.3, -0.25) is 0 Å². The van der Waals surface area contributed by atoms with E-state index in [2.05, 4.69) is 56.3 Å². The average molecular weight is 332 g/mol. The van der Waals surface area contributed by atoms with Gasteiger partial charge in [0.25, 0.3) is 0 Å². The Kier molecular flexibility index (Phi) is 5.66. The molecule has 0 radical (unpaired) electrons. The summed E-state index contributed by atoms with van der Waals surface area (Å²) in [5.41, 5.74) is 3.45. The van der Waals surface area contributed by atoms with Crippen LogP contribution in [-0.4, -0.2) is 10.5 Å². The van der Waals surface area contributed by atoms with Gasteiger partial charge in [0.05, 0.1) is 0 Å². The highest BCUT2D eigenvalue weighted by molar-refractivity contribution is 6.30. The lowest BCUT2D eigenvalue weighted by Gasteiger charge is -2.21. The van der Waals surface area contributed by atoms with E-state index in [-0.39, 0.29) is 5.54 Å². The van der Waals surface area contributed by atoms with E-state index in [1.54, 1.807) is 0 Å². The van der Waals surface area contributed by atoms with Gasteiger partial charge in [0.15, 0.2) is 0 Å². The van der Waals surface area contributed by atoms with Crippen molar-refractivity contribution in [3.8, 4) is 0 Å². The van der Waals surface area contributed by atoms with E-state index in [1.165, 1.54) is 11.1 Å². The minimum absolute atomic E-state index is 0.0930. The second kappa shape index (κ2) is 7.33. The zero-order valence-corrected chi connectivity index (χ0v) is 15.3. The summed E-state index contributed by atoms with van der Waals surface area (Å²) in [6, 6.07) is 9.92. The summed E-state index contributed by atoms with van der Waals surface area (Å²) in [5, 5.41) is 7.60. The lowest BCUT2D eigenvalue weighted by atomic mass is 10.0. The van der Waals surface area contributed by atoms with Gasteiger partial charge in [-0.05, 0) is 62.1 Å². The Morgan fingerprint density at radius 3 is 2.52 bits per heavy atom. The highest BCUT2D eigenvalue weighted by Crippen LogP contribution is 2.27. The summed E-state index contributed by atoms with van der Waals surface area (Å²) in [7, 11) is 0. The van der Waals surface area contributed by atoms with Gasteiger partial charge in [0, 0.05) is 29.0 Å². The molecule has 0 bridgehead atoms. The molecule has 1 aromatic heterocycles. The van der Waals surface area contributed by atoms with Crippen molar-refractivity contribution in [1.82, 2.24) is 10.3 Å². The van der Waals surface area contributed by atoms with Crippen molar-refractivity contribution in [2.75, 3.05) is 5.32 Å². The number of rotatable bonds is 5. The van der Waals surface area contributed by atoms with Crippen LogP contribution in [0, 0.1) is 0 Å². The first kappa shape index (κ1) is 17.8. The molecule has 2 aromatic rings. The first-order chi connectivity index (χ1) is 10.7. The predicted octanol–water partition coefficient (Wildman–Crippen LogP) is 5.49. The largest absolute Gasteiger partial charge is 0.340 e. The van der Waals surface area contributed by atoms with Gasteiger partial charge in [-0.25, -0.2) is 4.98 Å². The van der Waals surface area contributed by atoms with Crippen LogP contribution in [0.4, 0.5) is 11.5 Å². The van der Waals surface area contributed by atoms with Gasteiger partial charge < -0.3 is 10.6 Å². The Hall–Kier alpha value is -1.58. The van der Waals surface area contributed by atoms with Crippen molar-refractivity contribution < 1.29 is 0 Å². The monoisotopic (exact) mass is 331 g/mol. The molecule has 0 spiro atoms. The van der Waals surface area contributed by atoms with Crippen LogP contribution in [0.25, 0.3) is 0 Å². The minimum Gasteiger partial charge on any atom is -0.340 e. The molecule has 124 valence electrons. The number of hydrogen-bond acceptors (Lipinski definition) is 3. The molecule has 0 amide bonds. The first-order valence-electron chi connectivity index (χ1n) is 8.01. The van der Waals surface area contributed by atoms with Crippen molar-refractivity contribution in [2.45, 2.75) is 52.6 Å². The number of anilines is 2. The van der Waals surface area contributed by atoms with Crippen LogP contribution in [0.15, 0.2) is 36.5 Å². The van der Waals surface area contributed by atoms with Crippen LogP contribution in [-0.2, 0) is 6.54 Å². The van der Waals surface area contributed by atoms with Crippen molar-refractivity contribution in [3.05, 3.63) is 52.7 Å². The molecule has 0 saturated heterocycles. The third kappa shape index (κ3) is 5.52. The van der Waals surface area contributed by atoms with E-state index < -0.39 is 0 Å². The molecule has 2 N–H and O–H groups in total. The van der Waals surface area contributed by atoms with Crippen LogP contribution in [0.1, 0.15) is 51.7 Å². The Balaban J connectivity index is 2.23. The van der Waals surface area contributed by atoms with Gasteiger partial charge in [0.1, 0.15) is 5.82 Å². The number of halogens is 1. The third-order valence-electron chi connectivity index (χ3n) is 3.51. The summed E-state index contributed by atoms with van der Waals surface area (Å²) >= 11 is 6.05. The van der Waals surface area contributed by atoms with E-state index in [9.17, 15) is 0 Å². The van der Waals surface area contributed by atoms with Crippen LogP contribution in [0.3, 0.4) is 0 Å². The molecule has 0 aliphatic rings. The zero-order chi connectivity index (χ0) is 17.0. The van der Waals surface area contributed by atoms with Gasteiger partial charge in [-0.15, -0.1) is 0 Å². The Morgan fingerprint density at radius 2 is 1.91 bits per heavy atom. The molecule has 0 fully saturated rings. The maximum absolute atomic E-state index is 6.05. The van der Waals surface area contributed by atoms with Crippen molar-refractivity contribution in [2.24, 2.45) is 0 Å². The van der Waals surface area contributed by atoms with E-state index in [4.69, 9.17) is 11.6 Å². The molecule has 0 saturated carbocycles. The number of pyridine rings is 1. The van der Waals surface area contributed by atoms with E-state index in [0.717, 1.165) is 18.1 Å². The summed E-state index contributed by atoms with van der Waals surface area (Å²) < 4.78 is 0. The van der Waals surface area contributed by atoms with Crippen LogP contribution >= 0.6 is 11.6 Å². The maximum atomic E-state index is 6.05.